The molecule has 3 unspecified atom stereocenters. The van der Waals surface area contributed by atoms with E-state index in [9.17, 15) is 0 Å². The molecule has 0 aromatic carbocycles. The second kappa shape index (κ2) is 4.31. The van der Waals surface area contributed by atoms with Crippen LogP contribution in [-0.4, -0.2) is 17.0 Å². The summed E-state index contributed by atoms with van der Waals surface area (Å²) in [6, 6.07) is 0. The molecule has 76 valence electrons. The largest absolute Gasteiger partial charge is 0.374 e. The summed E-state index contributed by atoms with van der Waals surface area (Å²) in [4.78, 5) is 0.613. The molecule has 2 heteroatoms. The first-order valence-corrected chi connectivity index (χ1v) is 6.48. The third-order valence-electron chi connectivity index (χ3n) is 3.30. The summed E-state index contributed by atoms with van der Waals surface area (Å²) < 4.78 is 6.08. The smallest absolute Gasteiger partial charge is 0.0703 e. The molecular formula is C11H19BrO. The van der Waals surface area contributed by atoms with Gasteiger partial charge < -0.3 is 4.74 Å². The highest BCUT2D eigenvalue weighted by molar-refractivity contribution is 9.09. The Balaban J connectivity index is 1.77. The molecule has 0 aromatic rings. The van der Waals surface area contributed by atoms with Crippen molar-refractivity contribution in [1.29, 1.82) is 0 Å². The van der Waals surface area contributed by atoms with Crippen molar-refractivity contribution in [3.05, 3.63) is 0 Å². The van der Waals surface area contributed by atoms with Crippen molar-refractivity contribution in [3.63, 3.8) is 0 Å². The van der Waals surface area contributed by atoms with Gasteiger partial charge in [-0.15, -0.1) is 0 Å². The van der Waals surface area contributed by atoms with E-state index in [0.717, 1.165) is 5.92 Å². The van der Waals surface area contributed by atoms with E-state index < -0.39 is 0 Å². The molecule has 0 amide bonds. The van der Waals surface area contributed by atoms with Gasteiger partial charge in [-0.3, -0.25) is 0 Å². The quantitative estimate of drug-likeness (QED) is 0.693. The maximum Gasteiger partial charge on any atom is 0.0703 e. The molecule has 2 aliphatic carbocycles. The Hall–Kier alpha value is 0.440. The second-order valence-corrected chi connectivity index (χ2v) is 5.69. The van der Waals surface area contributed by atoms with Crippen LogP contribution in [0.25, 0.3) is 0 Å². The van der Waals surface area contributed by atoms with Crippen molar-refractivity contribution >= 4 is 15.9 Å². The number of rotatable bonds is 3. The number of hydrogen-bond acceptors (Lipinski definition) is 1. The predicted octanol–water partition coefficient (Wildman–Crippen LogP) is 3.51. The molecule has 0 saturated heterocycles. The van der Waals surface area contributed by atoms with Crippen LogP contribution in [0.5, 0.6) is 0 Å². The van der Waals surface area contributed by atoms with Crippen LogP contribution in [0, 0.1) is 5.92 Å². The van der Waals surface area contributed by atoms with Crippen LogP contribution >= 0.6 is 15.9 Å². The van der Waals surface area contributed by atoms with E-state index in [0.29, 0.717) is 17.0 Å². The van der Waals surface area contributed by atoms with E-state index in [1.54, 1.807) is 0 Å². The van der Waals surface area contributed by atoms with Crippen LogP contribution in [0.15, 0.2) is 0 Å². The number of alkyl halides is 1. The molecule has 0 spiro atoms. The van der Waals surface area contributed by atoms with Crippen molar-refractivity contribution in [1.82, 2.24) is 0 Å². The van der Waals surface area contributed by atoms with E-state index >= 15 is 0 Å². The molecule has 0 N–H and O–H groups in total. The summed E-state index contributed by atoms with van der Waals surface area (Å²) in [5.74, 6) is 0.877. The topological polar surface area (TPSA) is 9.23 Å². The third-order valence-corrected chi connectivity index (χ3v) is 4.34. The van der Waals surface area contributed by atoms with Gasteiger partial charge in [0.25, 0.3) is 0 Å². The fraction of sp³-hybridized carbons (Fsp3) is 1.00. The summed E-state index contributed by atoms with van der Waals surface area (Å²) in [5, 5.41) is 0. The van der Waals surface area contributed by atoms with E-state index in [2.05, 4.69) is 22.9 Å². The fourth-order valence-corrected chi connectivity index (χ4v) is 2.87. The Kier molecular flexibility index (Phi) is 3.31. The first kappa shape index (κ1) is 9.97. The molecule has 1 nitrogen and oxygen atoms in total. The van der Waals surface area contributed by atoms with E-state index in [1.165, 1.54) is 38.5 Å². The predicted molar refractivity (Wildman–Crippen MR) is 58.2 cm³/mol. The summed E-state index contributed by atoms with van der Waals surface area (Å²) in [5.41, 5.74) is 0. The average Bonchev–Trinajstić information content (AvgIpc) is 2.91. The Bertz CT molecular complexity index is 167. The Morgan fingerprint density at radius 3 is 2.46 bits per heavy atom. The standard InChI is InChI=1S/C11H19BrO/c1-8(9-6-7-9)13-11-5-3-2-4-10(11)12/h8-11H,2-7H2,1H3. The first-order chi connectivity index (χ1) is 6.27. The van der Waals surface area contributed by atoms with E-state index in [4.69, 9.17) is 4.74 Å². The summed E-state index contributed by atoms with van der Waals surface area (Å²) in [7, 11) is 0. The zero-order valence-corrected chi connectivity index (χ0v) is 9.92. The van der Waals surface area contributed by atoms with Crippen molar-refractivity contribution in [3.8, 4) is 0 Å². The number of hydrogen-bond donors (Lipinski definition) is 0. The highest BCUT2D eigenvalue weighted by atomic mass is 79.9. The lowest BCUT2D eigenvalue weighted by Crippen LogP contribution is -2.31. The molecule has 0 aliphatic heterocycles. The third kappa shape index (κ3) is 2.69. The first-order valence-electron chi connectivity index (χ1n) is 5.57. The van der Waals surface area contributed by atoms with Gasteiger partial charge in [-0.1, -0.05) is 28.8 Å². The SMILES string of the molecule is CC(OC1CCCCC1Br)C1CC1. The zero-order chi connectivity index (χ0) is 9.26. The molecule has 0 radical (unpaired) electrons. The molecule has 2 aliphatic rings. The van der Waals surface area contributed by atoms with Gasteiger partial charge in [-0.25, -0.2) is 0 Å². The molecular weight excluding hydrogens is 228 g/mol. The molecule has 2 fully saturated rings. The summed E-state index contributed by atoms with van der Waals surface area (Å²) >= 11 is 3.73. The van der Waals surface area contributed by atoms with Gasteiger partial charge in [-0.05, 0) is 38.5 Å². The van der Waals surface area contributed by atoms with Crippen LogP contribution in [0.4, 0.5) is 0 Å². The van der Waals surface area contributed by atoms with Gasteiger partial charge in [0.1, 0.15) is 0 Å². The van der Waals surface area contributed by atoms with Crippen LogP contribution in [0.1, 0.15) is 45.4 Å². The zero-order valence-electron chi connectivity index (χ0n) is 8.34. The van der Waals surface area contributed by atoms with Gasteiger partial charge in [0, 0.05) is 4.83 Å². The monoisotopic (exact) mass is 246 g/mol. The molecule has 13 heavy (non-hydrogen) atoms. The molecule has 3 atom stereocenters. The van der Waals surface area contributed by atoms with Crippen LogP contribution in [-0.2, 0) is 4.74 Å². The molecule has 0 aromatic heterocycles. The van der Waals surface area contributed by atoms with E-state index in [1.807, 2.05) is 0 Å². The lowest BCUT2D eigenvalue weighted by molar-refractivity contribution is -0.0260. The Morgan fingerprint density at radius 2 is 1.85 bits per heavy atom. The highest BCUT2D eigenvalue weighted by Crippen LogP contribution is 2.37. The normalized spacial score (nSPS) is 37.4. The molecule has 2 saturated carbocycles. The number of halogens is 1. The average molecular weight is 247 g/mol. The van der Waals surface area contributed by atoms with E-state index in [-0.39, 0.29) is 0 Å². The van der Waals surface area contributed by atoms with Crippen LogP contribution < -0.4 is 0 Å². The van der Waals surface area contributed by atoms with Crippen molar-refractivity contribution in [2.24, 2.45) is 5.92 Å². The van der Waals surface area contributed by atoms with Crippen molar-refractivity contribution in [2.75, 3.05) is 0 Å². The summed E-state index contributed by atoms with van der Waals surface area (Å²) in [6.07, 6.45) is 9.04. The maximum atomic E-state index is 6.08. The number of ether oxygens (including phenoxy) is 1. The molecule has 0 bridgehead atoms. The second-order valence-electron chi connectivity index (χ2n) is 4.52. The maximum absolute atomic E-state index is 6.08. The highest BCUT2D eigenvalue weighted by Gasteiger charge is 2.32. The van der Waals surface area contributed by atoms with Gasteiger partial charge in [0.15, 0.2) is 0 Å². The molecule has 2 rings (SSSR count). The van der Waals surface area contributed by atoms with Gasteiger partial charge in [0.2, 0.25) is 0 Å². The minimum absolute atomic E-state index is 0.490. The fourth-order valence-electron chi connectivity index (χ4n) is 2.16. The Morgan fingerprint density at radius 1 is 1.15 bits per heavy atom. The van der Waals surface area contributed by atoms with Gasteiger partial charge in [0.05, 0.1) is 12.2 Å². The lowest BCUT2D eigenvalue weighted by atomic mass is 9.97. The molecule has 0 heterocycles. The van der Waals surface area contributed by atoms with Crippen molar-refractivity contribution in [2.45, 2.75) is 62.5 Å². The minimum Gasteiger partial charge on any atom is -0.374 e. The minimum atomic E-state index is 0.490. The van der Waals surface area contributed by atoms with Crippen LogP contribution in [0.3, 0.4) is 0 Å². The van der Waals surface area contributed by atoms with Crippen molar-refractivity contribution < 1.29 is 4.74 Å². The van der Waals surface area contributed by atoms with Gasteiger partial charge >= 0.3 is 0 Å². The van der Waals surface area contributed by atoms with Gasteiger partial charge in [-0.2, -0.15) is 0 Å². The summed E-state index contributed by atoms with van der Waals surface area (Å²) in [6.45, 7) is 2.24. The van der Waals surface area contributed by atoms with Crippen LogP contribution in [0.2, 0.25) is 0 Å². The Labute approximate surface area is 89.4 Å². The lowest BCUT2D eigenvalue weighted by Gasteiger charge is -2.30.